The molecule has 0 atom stereocenters. The molecule has 0 saturated heterocycles. The summed E-state index contributed by atoms with van der Waals surface area (Å²) in [5.41, 5.74) is 2.19. The summed E-state index contributed by atoms with van der Waals surface area (Å²) in [6.45, 7) is 9.75. The van der Waals surface area contributed by atoms with E-state index in [9.17, 15) is 9.59 Å². The molecule has 0 bridgehead atoms. The minimum Gasteiger partial charge on any atom is -0.378 e. The molecule has 0 spiro atoms. The Morgan fingerprint density at radius 1 is 0.512 bits per heavy atom. The SMILES string of the molecule is CC(C)C(C(=O)NCCOCCNC(=O)C(c1ccccc1)(c1ccccc1)C(C)C)(c1ccccc1)c1ccccc1. The highest BCUT2D eigenvalue weighted by Crippen LogP contribution is 2.40. The first-order valence-corrected chi connectivity index (χ1v) is 15.2. The third-order valence-corrected chi connectivity index (χ3v) is 8.43. The van der Waals surface area contributed by atoms with Crippen LogP contribution in [0, 0.1) is 11.8 Å². The van der Waals surface area contributed by atoms with Crippen molar-refractivity contribution in [2.45, 2.75) is 38.5 Å². The molecule has 0 radical (unpaired) electrons. The van der Waals surface area contributed by atoms with Crippen molar-refractivity contribution in [1.29, 1.82) is 0 Å². The highest BCUT2D eigenvalue weighted by atomic mass is 16.5. The fourth-order valence-corrected chi connectivity index (χ4v) is 6.37. The van der Waals surface area contributed by atoms with Crippen molar-refractivity contribution in [3.63, 3.8) is 0 Å². The van der Waals surface area contributed by atoms with Crippen LogP contribution in [0.4, 0.5) is 0 Å². The van der Waals surface area contributed by atoms with Gasteiger partial charge in [-0.25, -0.2) is 0 Å². The molecule has 5 heteroatoms. The van der Waals surface area contributed by atoms with Gasteiger partial charge >= 0.3 is 0 Å². The van der Waals surface area contributed by atoms with Crippen LogP contribution in [-0.4, -0.2) is 38.1 Å². The molecule has 5 nitrogen and oxygen atoms in total. The molecule has 0 aliphatic carbocycles. The monoisotopic (exact) mass is 576 g/mol. The number of hydrogen-bond acceptors (Lipinski definition) is 3. The van der Waals surface area contributed by atoms with Crippen molar-refractivity contribution in [1.82, 2.24) is 10.6 Å². The topological polar surface area (TPSA) is 67.4 Å². The van der Waals surface area contributed by atoms with Crippen LogP contribution < -0.4 is 10.6 Å². The van der Waals surface area contributed by atoms with Gasteiger partial charge in [0.25, 0.3) is 0 Å². The fourth-order valence-electron chi connectivity index (χ4n) is 6.37. The number of amides is 2. The highest BCUT2D eigenvalue weighted by molar-refractivity contribution is 5.93. The Balaban J connectivity index is 1.38. The summed E-state index contributed by atoms with van der Waals surface area (Å²) in [6.07, 6.45) is 0. The first-order valence-electron chi connectivity index (χ1n) is 15.2. The number of ether oxygens (including phenoxy) is 1. The van der Waals surface area contributed by atoms with Crippen LogP contribution in [0.25, 0.3) is 0 Å². The molecule has 0 fully saturated rings. The van der Waals surface area contributed by atoms with E-state index in [-0.39, 0.29) is 23.7 Å². The average molecular weight is 577 g/mol. The normalized spacial score (nSPS) is 11.9. The molecule has 0 saturated carbocycles. The first kappa shape index (κ1) is 31.7. The third kappa shape index (κ3) is 6.57. The highest BCUT2D eigenvalue weighted by Gasteiger charge is 2.45. The number of benzene rings is 4. The maximum absolute atomic E-state index is 13.9. The van der Waals surface area contributed by atoms with Gasteiger partial charge in [0.1, 0.15) is 10.8 Å². The largest absolute Gasteiger partial charge is 0.378 e. The van der Waals surface area contributed by atoms with Crippen LogP contribution in [0.1, 0.15) is 49.9 Å². The van der Waals surface area contributed by atoms with Gasteiger partial charge < -0.3 is 15.4 Å². The standard InChI is InChI=1S/C38H44N2O3/c1-29(2)37(31-17-9-5-10-18-31,32-19-11-6-12-20-32)35(41)39-25-27-43-28-26-40-36(42)38(30(3)4,33-21-13-7-14-22-33)34-23-15-8-16-24-34/h5-24,29-30H,25-28H2,1-4H3,(H,39,41)(H,40,42). The second-order valence-electron chi connectivity index (χ2n) is 11.5. The lowest BCUT2D eigenvalue weighted by molar-refractivity contribution is -0.127. The molecule has 4 aromatic rings. The fraction of sp³-hybridized carbons (Fsp3) is 0.316. The number of carbonyl (C=O) groups excluding carboxylic acids is 2. The van der Waals surface area contributed by atoms with Crippen LogP contribution in [-0.2, 0) is 25.2 Å². The van der Waals surface area contributed by atoms with Gasteiger partial charge in [-0.05, 0) is 34.1 Å². The quantitative estimate of drug-likeness (QED) is 0.168. The van der Waals surface area contributed by atoms with E-state index in [1.807, 2.05) is 121 Å². The Morgan fingerprint density at radius 2 is 0.767 bits per heavy atom. The van der Waals surface area contributed by atoms with E-state index >= 15 is 0 Å². The van der Waals surface area contributed by atoms with Gasteiger partial charge in [-0.2, -0.15) is 0 Å². The lowest BCUT2D eigenvalue weighted by atomic mass is 9.66. The maximum atomic E-state index is 13.9. The molecule has 0 heterocycles. The van der Waals surface area contributed by atoms with Crippen molar-refractivity contribution in [3.8, 4) is 0 Å². The predicted molar refractivity (Wildman–Crippen MR) is 174 cm³/mol. The van der Waals surface area contributed by atoms with Crippen LogP contribution in [0.3, 0.4) is 0 Å². The van der Waals surface area contributed by atoms with Crippen molar-refractivity contribution < 1.29 is 14.3 Å². The van der Waals surface area contributed by atoms with Crippen molar-refractivity contribution >= 4 is 11.8 Å². The number of carbonyl (C=O) groups is 2. The Kier molecular flexibility index (Phi) is 10.9. The van der Waals surface area contributed by atoms with E-state index in [0.717, 1.165) is 22.3 Å². The van der Waals surface area contributed by atoms with Crippen molar-refractivity contribution in [2.75, 3.05) is 26.3 Å². The summed E-state index contributed by atoms with van der Waals surface area (Å²) in [5.74, 6) is -0.0683. The van der Waals surface area contributed by atoms with Crippen LogP contribution in [0.5, 0.6) is 0 Å². The Bertz CT molecular complexity index is 1230. The molecular formula is C38H44N2O3. The van der Waals surface area contributed by atoms with E-state index in [1.54, 1.807) is 0 Å². The molecule has 4 aromatic carbocycles. The lowest BCUT2D eigenvalue weighted by Gasteiger charge is -2.37. The third-order valence-electron chi connectivity index (χ3n) is 8.43. The summed E-state index contributed by atoms with van der Waals surface area (Å²) in [5, 5.41) is 6.26. The van der Waals surface area contributed by atoms with Gasteiger partial charge in [-0.1, -0.05) is 149 Å². The molecule has 0 aliphatic heterocycles. The van der Waals surface area contributed by atoms with Crippen molar-refractivity contribution in [2.24, 2.45) is 11.8 Å². The number of rotatable bonds is 14. The molecule has 224 valence electrons. The zero-order valence-corrected chi connectivity index (χ0v) is 25.8. The van der Waals surface area contributed by atoms with Gasteiger partial charge in [0.05, 0.1) is 13.2 Å². The van der Waals surface area contributed by atoms with Gasteiger partial charge in [-0.15, -0.1) is 0 Å². The second kappa shape index (κ2) is 14.8. The summed E-state index contributed by atoms with van der Waals surface area (Å²) >= 11 is 0. The molecule has 2 N–H and O–H groups in total. The second-order valence-corrected chi connectivity index (χ2v) is 11.5. The maximum Gasteiger partial charge on any atom is 0.235 e. The van der Waals surface area contributed by atoms with Gasteiger partial charge in [0.2, 0.25) is 11.8 Å². The summed E-state index contributed by atoms with van der Waals surface area (Å²) < 4.78 is 5.87. The van der Waals surface area contributed by atoms with Gasteiger partial charge in [-0.3, -0.25) is 9.59 Å². The Morgan fingerprint density at radius 3 is 1.00 bits per heavy atom. The molecule has 4 rings (SSSR count). The average Bonchev–Trinajstić information content (AvgIpc) is 3.03. The predicted octanol–water partition coefficient (Wildman–Crippen LogP) is 6.52. The van der Waals surface area contributed by atoms with E-state index in [1.165, 1.54) is 0 Å². The summed E-state index contributed by atoms with van der Waals surface area (Å²) in [4.78, 5) is 27.8. The number of nitrogens with one attached hydrogen (secondary N) is 2. The van der Waals surface area contributed by atoms with Crippen LogP contribution >= 0.6 is 0 Å². The van der Waals surface area contributed by atoms with Gasteiger partial charge in [0.15, 0.2) is 0 Å². The Hall–Kier alpha value is -4.22. The minimum atomic E-state index is -0.828. The van der Waals surface area contributed by atoms with E-state index in [2.05, 4.69) is 38.3 Å². The van der Waals surface area contributed by atoms with Crippen molar-refractivity contribution in [3.05, 3.63) is 144 Å². The van der Waals surface area contributed by atoms with Gasteiger partial charge in [0, 0.05) is 13.1 Å². The molecular weight excluding hydrogens is 532 g/mol. The molecule has 0 aliphatic rings. The van der Waals surface area contributed by atoms with Crippen LogP contribution in [0.15, 0.2) is 121 Å². The minimum absolute atomic E-state index is 0.0175. The first-order chi connectivity index (χ1) is 20.9. The van der Waals surface area contributed by atoms with E-state index in [0.29, 0.717) is 26.3 Å². The number of hydrogen-bond donors (Lipinski definition) is 2. The zero-order valence-electron chi connectivity index (χ0n) is 25.8. The zero-order chi connectivity index (χ0) is 30.7. The molecule has 0 unspecified atom stereocenters. The summed E-state index contributed by atoms with van der Waals surface area (Å²) in [7, 11) is 0. The van der Waals surface area contributed by atoms with E-state index in [4.69, 9.17) is 4.74 Å². The Labute approximate surface area is 256 Å². The summed E-state index contributed by atoms with van der Waals surface area (Å²) in [6, 6.07) is 39.8. The van der Waals surface area contributed by atoms with Crippen LogP contribution in [0.2, 0.25) is 0 Å². The molecule has 2 amide bonds. The van der Waals surface area contributed by atoms with E-state index < -0.39 is 10.8 Å². The molecule has 0 aromatic heterocycles. The lowest BCUT2D eigenvalue weighted by Crippen LogP contribution is -2.50. The smallest absolute Gasteiger partial charge is 0.235 e. The molecule has 43 heavy (non-hydrogen) atoms.